The molecule has 1 unspecified atom stereocenters. The molecule has 0 radical (unpaired) electrons. The molecule has 0 aliphatic carbocycles. The van der Waals surface area contributed by atoms with Crippen LogP contribution in [0, 0.1) is 11.3 Å². The fourth-order valence-electron chi connectivity index (χ4n) is 1.26. The van der Waals surface area contributed by atoms with Crippen LogP contribution in [0.4, 0.5) is 0 Å². The minimum Gasteiger partial charge on any atom is -0.395 e. The maximum absolute atomic E-state index is 11.3. The summed E-state index contributed by atoms with van der Waals surface area (Å²) in [5.41, 5.74) is 0.961. The molecule has 1 aromatic carbocycles. The lowest BCUT2D eigenvalue weighted by molar-refractivity contribution is 0.292. The van der Waals surface area contributed by atoms with Gasteiger partial charge in [-0.05, 0) is 17.7 Å². The zero-order valence-electron chi connectivity index (χ0n) is 8.21. The molecule has 0 aliphatic rings. The van der Waals surface area contributed by atoms with Crippen LogP contribution in [0.3, 0.4) is 0 Å². The number of hydrogen-bond donors (Lipinski definition) is 1. The summed E-state index contributed by atoms with van der Waals surface area (Å²) in [6, 6.07) is 8.08. The minimum absolute atomic E-state index is 0.454. The van der Waals surface area contributed by atoms with Gasteiger partial charge in [-0.25, -0.2) is 8.42 Å². The minimum atomic E-state index is -3.32. The van der Waals surface area contributed by atoms with E-state index in [2.05, 4.69) is 0 Å². The smallest absolute Gasteiger partial charge is 0.156 e. The Hall–Kier alpha value is -1.38. The van der Waals surface area contributed by atoms with Crippen LogP contribution in [-0.2, 0) is 9.84 Å². The van der Waals surface area contributed by atoms with Crippen LogP contribution in [0.2, 0.25) is 0 Å². The molecule has 0 saturated carbocycles. The van der Waals surface area contributed by atoms with Gasteiger partial charge in [-0.2, -0.15) is 5.26 Å². The molecule has 80 valence electrons. The highest BCUT2D eigenvalue weighted by Gasteiger charge is 2.21. The number of sulfone groups is 1. The van der Waals surface area contributed by atoms with Crippen LogP contribution in [0.5, 0.6) is 0 Å². The van der Waals surface area contributed by atoms with Gasteiger partial charge >= 0.3 is 0 Å². The van der Waals surface area contributed by atoms with E-state index < -0.39 is 21.7 Å². The highest BCUT2D eigenvalue weighted by molar-refractivity contribution is 7.90. The van der Waals surface area contributed by atoms with Crippen molar-refractivity contribution in [3.05, 3.63) is 35.4 Å². The summed E-state index contributed by atoms with van der Waals surface area (Å²) < 4.78 is 22.6. The van der Waals surface area contributed by atoms with E-state index >= 15 is 0 Å². The molecule has 4 nitrogen and oxygen atoms in total. The lowest BCUT2D eigenvalue weighted by Gasteiger charge is -2.11. The summed E-state index contributed by atoms with van der Waals surface area (Å²) >= 11 is 0. The zero-order valence-corrected chi connectivity index (χ0v) is 9.03. The number of hydrogen-bond acceptors (Lipinski definition) is 4. The Labute approximate surface area is 88.7 Å². The first-order chi connectivity index (χ1) is 6.99. The van der Waals surface area contributed by atoms with Crippen LogP contribution in [0.25, 0.3) is 0 Å². The van der Waals surface area contributed by atoms with Crippen molar-refractivity contribution in [1.82, 2.24) is 0 Å². The van der Waals surface area contributed by atoms with E-state index in [1.165, 1.54) is 12.1 Å². The van der Waals surface area contributed by atoms with Gasteiger partial charge in [0.25, 0.3) is 0 Å². The molecule has 15 heavy (non-hydrogen) atoms. The van der Waals surface area contributed by atoms with Crippen LogP contribution < -0.4 is 0 Å². The molecule has 0 aromatic heterocycles. The van der Waals surface area contributed by atoms with Crippen LogP contribution in [0.15, 0.2) is 24.3 Å². The van der Waals surface area contributed by atoms with Crippen molar-refractivity contribution in [2.24, 2.45) is 0 Å². The summed E-state index contributed by atoms with van der Waals surface area (Å²) in [6.07, 6.45) is 1.08. The van der Waals surface area contributed by atoms with Crippen LogP contribution >= 0.6 is 0 Å². The summed E-state index contributed by atoms with van der Waals surface area (Å²) in [5, 5.41) is 16.7. The van der Waals surface area contributed by atoms with Gasteiger partial charge in [0.05, 0.1) is 18.2 Å². The molecule has 1 aromatic rings. The Balaban J connectivity index is 3.11. The second-order valence-corrected chi connectivity index (χ2v) is 5.46. The maximum Gasteiger partial charge on any atom is 0.156 e. The Morgan fingerprint density at radius 1 is 1.40 bits per heavy atom. The molecule has 1 atom stereocenters. The van der Waals surface area contributed by atoms with Crippen molar-refractivity contribution < 1.29 is 13.5 Å². The second kappa shape index (κ2) is 4.43. The predicted molar refractivity (Wildman–Crippen MR) is 55.8 cm³/mol. The van der Waals surface area contributed by atoms with Gasteiger partial charge < -0.3 is 5.11 Å². The van der Waals surface area contributed by atoms with E-state index in [1.807, 2.05) is 6.07 Å². The van der Waals surface area contributed by atoms with Gasteiger partial charge in [-0.15, -0.1) is 0 Å². The van der Waals surface area contributed by atoms with Gasteiger partial charge in [0, 0.05) is 6.26 Å². The maximum atomic E-state index is 11.3. The Morgan fingerprint density at radius 2 is 1.93 bits per heavy atom. The number of benzene rings is 1. The third-order valence-electron chi connectivity index (χ3n) is 2.09. The summed E-state index contributed by atoms with van der Waals surface area (Å²) in [5.74, 6) is 0. The SMILES string of the molecule is CS(=O)(=O)C(CO)c1ccc(C#N)cc1. The molecule has 0 amide bonds. The van der Waals surface area contributed by atoms with Crippen LogP contribution in [-0.4, -0.2) is 26.4 Å². The molecule has 0 bridgehead atoms. The fourth-order valence-corrected chi connectivity index (χ4v) is 2.18. The fraction of sp³-hybridized carbons (Fsp3) is 0.300. The molecule has 0 aliphatic heterocycles. The number of rotatable bonds is 3. The first-order valence-electron chi connectivity index (χ1n) is 4.29. The Morgan fingerprint density at radius 3 is 2.27 bits per heavy atom. The van der Waals surface area contributed by atoms with Crippen molar-refractivity contribution in [2.75, 3.05) is 12.9 Å². The number of nitriles is 1. The van der Waals surface area contributed by atoms with E-state index in [-0.39, 0.29) is 0 Å². The third kappa shape index (κ3) is 2.78. The molecule has 0 heterocycles. The van der Waals surface area contributed by atoms with Crippen molar-refractivity contribution in [1.29, 1.82) is 5.26 Å². The highest BCUT2D eigenvalue weighted by Crippen LogP contribution is 2.21. The molecule has 0 fully saturated rings. The first-order valence-corrected chi connectivity index (χ1v) is 6.24. The van der Waals surface area contributed by atoms with E-state index in [1.54, 1.807) is 12.1 Å². The van der Waals surface area contributed by atoms with Crippen molar-refractivity contribution in [3.8, 4) is 6.07 Å². The molecule has 0 spiro atoms. The number of nitrogens with zero attached hydrogens (tertiary/aromatic N) is 1. The quantitative estimate of drug-likeness (QED) is 0.818. The lowest BCUT2D eigenvalue weighted by atomic mass is 10.1. The average Bonchev–Trinajstić information content (AvgIpc) is 2.18. The van der Waals surface area contributed by atoms with Gasteiger partial charge in [-0.3, -0.25) is 0 Å². The molecular weight excluding hydrogens is 214 g/mol. The van der Waals surface area contributed by atoms with Gasteiger partial charge in [0.15, 0.2) is 9.84 Å². The second-order valence-electron chi connectivity index (χ2n) is 3.23. The lowest BCUT2D eigenvalue weighted by Crippen LogP contribution is -2.15. The summed E-state index contributed by atoms with van der Waals surface area (Å²) in [6.45, 7) is -0.454. The number of aliphatic hydroxyl groups excluding tert-OH is 1. The first kappa shape index (κ1) is 11.7. The largest absolute Gasteiger partial charge is 0.395 e. The van der Waals surface area contributed by atoms with E-state index in [4.69, 9.17) is 10.4 Å². The average molecular weight is 225 g/mol. The van der Waals surface area contributed by atoms with Crippen molar-refractivity contribution in [3.63, 3.8) is 0 Å². The summed E-state index contributed by atoms with van der Waals surface area (Å²) in [4.78, 5) is 0. The van der Waals surface area contributed by atoms with Gasteiger partial charge in [0.1, 0.15) is 5.25 Å². The molecule has 5 heteroatoms. The van der Waals surface area contributed by atoms with Gasteiger partial charge in [0.2, 0.25) is 0 Å². The monoisotopic (exact) mass is 225 g/mol. The summed E-state index contributed by atoms with van der Waals surface area (Å²) in [7, 11) is -3.32. The molecule has 0 saturated heterocycles. The van der Waals surface area contributed by atoms with Crippen LogP contribution in [0.1, 0.15) is 16.4 Å². The number of aliphatic hydroxyl groups is 1. The predicted octanol–water partition coefficient (Wildman–Crippen LogP) is 0.636. The third-order valence-corrected chi connectivity index (χ3v) is 3.55. The van der Waals surface area contributed by atoms with Gasteiger partial charge in [-0.1, -0.05) is 12.1 Å². The zero-order chi connectivity index (χ0) is 11.5. The molecular formula is C10H11NO3S. The van der Waals surface area contributed by atoms with Crippen molar-refractivity contribution >= 4 is 9.84 Å². The molecule has 1 N–H and O–H groups in total. The van der Waals surface area contributed by atoms with E-state index in [0.29, 0.717) is 11.1 Å². The topological polar surface area (TPSA) is 78.2 Å². The Bertz CT molecular complexity index is 470. The van der Waals surface area contributed by atoms with Crippen molar-refractivity contribution in [2.45, 2.75) is 5.25 Å². The normalized spacial score (nSPS) is 13.1. The Kier molecular flexibility index (Phi) is 3.45. The highest BCUT2D eigenvalue weighted by atomic mass is 32.2. The van der Waals surface area contributed by atoms with E-state index in [9.17, 15) is 8.42 Å². The van der Waals surface area contributed by atoms with E-state index in [0.717, 1.165) is 6.26 Å². The standard InChI is InChI=1S/C10H11NO3S/c1-15(13,14)10(7-12)9-4-2-8(6-11)3-5-9/h2-5,10,12H,7H2,1H3. The molecule has 1 rings (SSSR count).